The third-order valence-electron chi connectivity index (χ3n) is 3.68. The van der Waals surface area contributed by atoms with Crippen LogP contribution in [0.25, 0.3) is 6.08 Å². The second kappa shape index (κ2) is 9.90. The van der Waals surface area contributed by atoms with Crippen LogP contribution in [0.1, 0.15) is 25.3 Å². The average Bonchev–Trinajstić information content (AvgIpc) is 2.68. The number of ether oxygens (including phenoxy) is 2. The molecule has 0 aliphatic rings. The molecule has 26 heavy (non-hydrogen) atoms. The molecular formula is C21H22N2O3. The molecular weight excluding hydrogens is 328 g/mol. The zero-order valence-electron chi connectivity index (χ0n) is 15.0. The number of nitrogens with zero attached hydrogens (tertiary/aromatic N) is 1. The first-order valence-corrected chi connectivity index (χ1v) is 8.47. The Morgan fingerprint density at radius 3 is 2.58 bits per heavy atom. The third-order valence-corrected chi connectivity index (χ3v) is 3.68. The maximum Gasteiger partial charge on any atom is 0.266 e. The van der Waals surface area contributed by atoms with Crippen LogP contribution in [-0.4, -0.2) is 19.6 Å². The number of carbonyl (C=O) groups is 1. The molecule has 0 aliphatic carbocycles. The van der Waals surface area contributed by atoms with Gasteiger partial charge >= 0.3 is 0 Å². The highest BCUT2D eigenvalue weighted by Gasteiger charge is 2.12. The van der Waals surface area contributed by atoms with E-state index in [1.54, 1.807) is 43.5 Å². The molecule has 0 aliphatic heterocycles. The molecule has 0 saturated carbocycles. The summed E-state index contributed by atoms with van der Waals surface area (Å²) >= 11 is 0. The van der Waals surface area contributed by atoms with E-state index in [9.17, 15) is 10.1 Å². The van der Waals surface area contributed by atoms with Crippen LogP contribution in [0.5, 0.6) is 11.5 Å². The number of amides is 1. The maximum atomic E-state index is 12.5. The van der Waals surface area contributed by atoms with Crippen LogP contribution in [0.15, 0.2) is 54.1 Å². The molecule has 134 valence electrons. The summed E-state index contributed by atoms with van der Waals surface area (Å²) in [5.74, 6) is 0.828. The van der Waals surface area contributed by atoms with Crippen molar-refractivity contribution in [2.45, 2.75) is 19.8 Å². The third kappa shape index (κ3) is 5.38. The molecule has 0 bridgehead atoms. The van der Waals surface area contributed by atoms with E-state index in [2.05, 4.69) is 12.2 Å². The van der Waals surface area contributed by atoms with Gasteiger partial charge in [-0.1, -0.05) is 37.6 Å². The Morgan fingerprint density at radius 2 is 1.92 bits per heavy atom. The van der Waals surface area contributed by atoms with Crippen LogP contribution < -0.4 is 14.8 Å². The molecule has 0 fully saturated rings. The zero-order chi connectivity index (χ0) is 18.8. The summed E-state index contributed by atoms with van der Waals surface area (Å²) in [7, 11) is 1.58. The zero-order valence-corrected chi connectivity index (χ0v) is 15.0. The molecule has 1 amide bonds. The van der Waals surface area contributed by atoms with Crippen molar-refractivity contribution in [2.24, 2.45) is 0 Å². The predicted molar refractivity (Wildman–Crippen MR) is 102 cm³/mol. The van der Waals surface area contributed by atoms with E-state index in [4.69, 9.17) is 9.47 Å². The van der Waals surface area contributed by atoms with Crippen molar-refractivity contribution in [3.05, 3.63) is 59.7 Å². The molecule has 2 aromatic carbocycles. The number of unbranched alkanes of at least 4 members (excludes halogenated alkanes) is 1. The van der Waals surface area contributed by atoms with Crippen molar-refractivity contribution in [1.29, 1.82) is 5.26 Å². The van der Waals surface area contributed by atoms with Crippen molar-refractivity contribution in [3.8, 4) is 17.6 Å². The van der Waals surface area contributed by atoms with E-state index in [-0.39, 0.29) is 5.57 Å². The summed E-state index contributed by atoms with van der Waals surface area (Å²) in [6.45, 7) is 2.66. The molecule has 0 aromatic heterocycles. The fourth-order valence-electron chi connectivity index (χ4n) is 2.23. The Morgan fingerprint density at radius 1 is 1.19 bits per heavy atom. The van der Waals surface area contributed by atoms with Gasteiger partial charge in [0.15, 0.2) is 0 Å². The van der Waals surface area contributed by atoms with Crippen molar-refractivity contribution >= 4 is 17.7 Å². The number of para-hydroxylation sites is 2. The van der Waals surface area contributed by atoms with Gasteiger partial charge in [-0.2, -0.15) is 5.26 Å². The van der Waals surface area contributed by atoms with Gasteiger partial charge in [-0.3, -0.25) is 4.79 Å². The number of nitriles is 1. The minimum absolute atomic E-state index is 0.0125. The summed E-state index contributed by atoms with van der Waals surface area (Å²) in [6.07, 6.45) is 3.50. The SMILES string of the molecule is CCCCOc1ccccc1NC(=O)/C(C#N)=C/c1ccc(OC)cc1. The number of hydrogen-bond acceptors (Lipinski definition) is 4. The number of anilines is 1. The second-order valence-electron chi connectivity index (χ2n) is 5.60. The predicted octanol–water partition coefficient (Wildman–Crippen LogP) is 4.42. The first-order valence-electron chi connectivity index (χ1n) is 8.47. The molecule has 0 heterocycles. The quantitative estimate of drug-likeness (QED) is 0.434. The highest BCUT2D eigenvalue weighted by Crippen LogP contribution is 2.25. The Kier molecular flexibility index (Phi) is 7.26. The number of rotatable bonds is 8. The van der Waals surface area contributed by atoms with Gasteiger partial charge in [0.05, 0.1) is 19.4 Å². The summed E-state index contributed by atoms with van der Waals surface area (Å²) in [6, 6.07) is 16.3. The fourth-order valence-corrected chi connectivity index (χ4v) is 2.23. The van der Waals surface area contributed by atoms with E-state index >= 15 is 0 Å². The van der Waals surface area contributed by atoms with Gasteiger partial charge in [0.25, 0.3) is 5.91 Å². The molecule has 5 nitrogen and oxygen atoms in total. The molecule has 0 unspecified atom stereocenters. The van der Waals surface area contributed by atoms with Crippen LogP contribution in [-0.2, 0) is 4.79 Å². The number of nitrogens with one attached hydrogen (secondary N) is 1. The van der Waals surface area contributed by atoms with Gasteiger partial charge in [0.1, 0.15) is 23.1 Å². The van der Waals surface area contributed by atoms with Crippen molar-refractivity contribution in [1.82, 2.24) is 0 Å². The number of methoxy groups -OCH3 is 1. The maximum absolute atomic E-state index is 12.5. The Bertz CT molecular complexity index is 805. The van der Waals surface area contributed by atoms with Gasteiger partial charge in [-0.15, -0.1) is 0 Å². The average molecular weight is 350 g/mol. The molecule has 0 radical (unpaired) electrons. The molecule has 0 saturated heterocycles. The smallest absolute Gasteiger partial charge is 0.266 e. The van der Waals surface area contributed by atoms with Crippen molar-refractivity contribution in [2.75, 3.05) is 19.0 Å². The monoisotopic (exact) mass is 350 g/mol. The van der Waals surface area contributed by atoms with Gasteiger partial charge in [-0.05, 0) is 42.3 Å². The van der Waals surface area contributed by atoms with Gasteiger partial charge < -0.3 is 14.8 Å². The number of benzene rings is 2. The highest BCUT2D eigenvalue weighted by molar-refractivity contribution is 6.10. The normalized spacial score (nSPS) is 10.7. The van der Waals surface area contributed by atoms with Gasteiger partial charge in [0, 0.05) is 0 Å². The van der Waals surface area contributed by atoms with Crippen LogP contribution >= 0.6 is 0 Å². The van der Waals surface area contributed by atoms with Crippen molar-refractivity contribution in [3.63, 3.8) is 0 Å². The second-order valence-corrected chi connectivity index (χ2v) is 5.60. The summed E-state index contributed by atoms with van der Waals surface area (Å²) in [4.78, 5) is 12.5. The lowest BCUT2D eigenvalue weighted by Gasteiger charge is -2.12. The molecule has 0 atom stereocenters. The summed E-state index contributed by atoms with van der Waals surface area (Å²) in [5, 5.41) is 12.1. The van der Waals surface area contributed by atoms with Crippen LogP contribution in [0.2, 0.25) is 0 Å². The number of carbonyl (C=O) groups excluding carboxylic acids is 1. The lowest BCUT2D eigenvalue weighted by atomic mass is 10.1. The standard InChI is InChI=1S/C21H22N2O3/c1-3-4-13-26-20-8-6-5-7-19(20)23-21(24)17(15-22)14-16-9-11-18(25-2)12-10-16/h5-12,14H,3-4,13H2,1-2H3,(H,23,24)/b17-14+. The van der Waals surface area contributed by atoms with Crippen LogP contribution in [0.3, 0.4) is 0 Å². The fraction of sp³-hybridized carbons (Fsp3) is 0.238. The number of hydrogen-bond donors (Lipinski definition) is 1. The Hall–Kier alpha value is -3.26. The molecule has 2 rings (SSSR count). The van der Waals surface area contributed by atoms with Gasteiger partial charge in [-0.25, -0.2) is 0 Å². The van der Waals surface area contributed by atoms with Crippen molar-refractivity contribution < 1.29 is 14.3 Å². The lowest BCUT2D eigenvalue weighted by molar-refractivity contribution is -0.112. The van der Waals surface area contributed by atoms with E-state index < -0.39 is 5.91 Å². The first kappa shape index (κ1) is 19.1. The largest absolute Gasteiger partial charge is 0.497 e. The first-order chi connectivity index (χ1) is 12.7. The van der Waals surface area contributed by atoms with Crippen LogP contribution in [0.4, 0.5) is 5.69 Å². The Balaban J connectivity index is 2.14. The Labute approximate surface area is 153 Å². The molecule has 2 aromatic rings. The minimum Gasteiger partial charge on any atom is -0.497 e. The van der Waals surface area contributed by atoms with Gasteiger partial charge in [0.2, 0.25) is 0 Å². The molecule has 0 spiro atoms. The molecule has 5 heteroatoms. The lowest BCUT2D eigenvalue weighted by Crippen LogP contribution is -2.14. The van der Waals surface area contributed by atoms with E-state index in [1.807, 2.05) is 18.2 Å². The summed E-state index contributed by atoms with van der Waals surface area (Å²) in [5.41, 5.74) is 1.30. The van der Waals surface area contributed by atoms with E-state index in [0.717, 1.165) is 18.4 Å². The topological polar surface area (TPSA) is 71.3 Å². The van der Waals surface area contributed by atoms with E-state index in [0.29, 0.717) is 23.8 Å². The minimum atomic E-state index is -0.477. The summed E-state index contributed by atoms with van der Waals surface area (Å²) < 4.78 is 10.8. The highest BCUT2D eigenvalue weighted by atomic mass is 16.5. The van der Waals surface area contributed by atoms with Crippen LogP contribution in [0, 0.1) is 11.3 Å². The molecule has 1 N–H and O–H groups in total. The van der Waals surface area contributed by atoms with E-state index in [1.165, 1.54) is 6.08 Å².